The second-order valence-corrected chi connectivity index (χ2v) is 8.49. The molecule has 0 heterocycles. The van der Waals surface area contributed by atoms with E-state index in [0.717, 1.165) is 11.1 Å². The molecule has 2 N–H and O–H groups in total. The van der Waals surface area contributed by atoms with E-state index in [1.165, 1.54) is 12.1 Å². The Kier molecular flexibility index (Phi) is 6.42. The summed E-state index contributed by atoms with van der Waals surface area (Å²) in [5.74, 6) is 0.310. The lowest BCUT2D eigenvalue weighted by molar-refractivity contribution is 0.102. The van der Waals surface area contributed by atoms with Gasteiger partial charge in [0.25, 0.3) is 15.9 Å². The summed E-state index contributed by atoms with van der Waals surface area (Å²) in [6.45, 7) is 6.09. The molecule has 7 heteroatoms. The zero-order valence-corrected chi connectivity index (χ0v) is 17.9. The van der Waals surface area contributed by atoms with Crippen LogP contribution in [0.25, 0.3) is 0 Å². The normalized spacial score (nSPS) is 11.0. The van der Waals surface area contributed by atoms with E-state index in [-0.39, 0.29) is 10.8 Å². The van der Waals surface area contributed by atoms with Gasteiger partial charge in [-0.3, -0.25) is 9.52 Å². The predicted octanol–water partition coefficient (Wildman–Crippen LogP) is 4.76. The Hall–Kier alpha value is -3.32. The second kappa shape index (κ2) is 9.00. The lowest BCUT2D eigenvalue weighted by Crippen LogP contribution is -2.15. The molecule has 0 aliphatic rings. The fourth-order valence-electron chi connectivity index (χ4n) is 2.98. The molecule has 0 saturated heterocycles. The summed E-state index contributed by atoms with van der Waals surface area (Å²) in [6.07, 6.45) is 0. The molecule has 0 fully saturated rings. The third-order valence-electron chi connectivity index (χ3n) is 4.55. The fourth-order valence-corrected chi connectivity index (χ4v) is 4.19. The number of para-hydroxylation sites is 1. The summed E-state index contributed by atoms with van der Waals surface area (Å²) in [5, 5.41) is 2.76. The quantitative estimate of drug-likeness (QED) is 0.573. The van der Waals surface area contributed by atoms with Gasteiger partial charge in [-0.1, -0.05) is 24.3 Å². The van der Waals surface area contributed by atoms with Crippen LogP contribution in [0, 0.1) is 13.8 Å². The number of aryl methyl sites for hydroxylation is 2. The second-order valence-electron chi connectivity index (χ2n) is 6.81. The first-order chi connectivity index (χ1) is 14.3. The minimum Gasteiger partial charge on any atom is -0.494 e. The maximum absolute atomic E-state index is 12.7. The molecular formula is C23H24N2O4S. The molecule has 0 aromatic heterocycles. The molecule has 3 aromatic carbocycles. The van der Waals surface area contributed by atoms with Crippen LogP contribution in [0.15, 0.2) is 71.6 Å². The zero-order valence-electron chi connectivity index (χ0n) is 17.1. The Morgan fingerprint density at radius 2 is 1.57 bits per heavy atom. The number of hydrogen-bond donors (Lipinski definition) is 2. The van der Waals surface area contributed by atoms with E-state index in [0.29, 0.717) is 29.3 Å². The highest BCUT2D eigenvalue weighted by Crippen LogP contribution is 2.24. The molecule has 1 amide bonds. The summed E-state index contributed by atoms with van der Waals surface area (Å²) >= 11 is 0. The van der Waals surface area contributed by atoms with Crippen molar-refractivity contribution in [2.45, 2.75) is 25.7 Å². The molecule has 0 saturated carbocycles. The highest BCUT2D eigenvalue weighted by Gasteiger charge is 2.17. The van der Waals surface area contributed by atoms with Gasteiger partial charge in [-0.25, -0.2) is 8.42 Å². The third-order valence-corrected chi connectivity index (χ3v) is 5.91. The number of ether oxygens (including phenoxy) is 1. The molecule has 0 spiro atoms. The lowest BCUT2D eigenvalue weighted by atomic mass is 10.1. The molecule has 6 nitrogen and oxygen atoms in total. The fraction of sp³-hybridized carbons (Fsp3) is 0.174. The summed E-state index contributed by atoms with van der Waals surface area (Å²) in [5.41, 5.74) is 3.21. The minimum absolute atomic E-state index is 0.112. The van der Waals surface area contributed by atoms with Gasteiger partial charge in [0.15, 0.2) is 0 Å². The molecular weight excluding hydrogens is 400 g/mol. The van der Waals surface area contributed by atoms with E-state index in [1.54, 1.807) is 36.4 Å². The van der Waals surface area contributed by atoms with Crippen molar-refractivity contribution in [1.82, 2.24) is 0 Å². The van der Waals surface area contributed by atoms with Gasteiger partial charge >= 0.3 is 0 Å². The van der Waals surface area contributed by atoms with Crippen molar-refractivity contribution in [3.8, 4) is 5.75 Å². The van der Waals surface area contributed by atoms with E-state index in [1.807, 2.05) is 39.0 Å². The van der Waals surface area contributed by atoms with Gasteiger partial charge in [0.2, 0.25) is 0 Å². The number of sulfonamides is 1. The number of benzene rings is 3. The number of carbonyl (C=O) groups excluding carboxylic acids is 1. The number of amides is 1. The van der Waals surface area contributed by atoms with E-state index in [9.17, 15) is 13.2 Å². The SMILES string of the molecule is CCOc1cccc(C(=O)Nc2ccc(S(=O)(=O)Nc3c(C)cccc3C)cc2)c1. The van der Waals surface area contributed by atoms with Crippen LogP contribution in [0.2, 0.25) is 0 Å². The Morgan fingerprint density at radius 3 is 2.20 bits per heavy atom. The largest absolute Gasteiger partial charge is 0.494 e. The number of anilines is 2. The van der Waals surface area contributed by atoms with Crippen molar-refractivity contribution in [2.24, 2.45) is 0 Å². The zero-order chi connectivity index (χ0) is 21.7. The molecule has 3 rings (SSSR count). The highest BCUT2D eigenvalue weighted by atomic mass is 32.2. The van der Waals surface area contributed by atoms with Gasteiger partial charge in [-0.05, 0) is 74.4 Å². The number of carbonyl (C=O) groups is 1. The first-order valence-electron chi connectivity index (χ1n) is 9.53. The highest BCUT2D eigenvalue weighted by molar-refractivity contribution is 7.92. The number of hydrogen-bond acceptors (Lipinski definition) is 4. The monoisotopic (exact) mass is 424 g/mol. The first-order valence-corrected chi connectivity index (χ1v) is 11.0. The van der Waals surface area contributed by atoms with E-state index in [4.69, 9.17) is 4.74 Å². The summed E-state index contributed by atoms with van der Waals surface area (Å²) in [6, 6.07) is 18.5. The van der Waals surface area contributed by atoms with Crippen LogP contribution in [0.1, 0.15) is 28.4 Å². The first kappa shape index (κ1) is 21.4. The van der Waals surface area contributed by atoms with Gasteiger partial charge in [0.05, 0.1) is 17.2 Å². The van der Waals surface area contributed by atoms with Gasteiger partial charge in [0.1, 0.15) is 5.75 Å². The minimum atomic E-state index is -3.75. The lowest BCUT2D eigenvalue weighted by Gasteiger charge is -2.13. The molecule has 0 bridgehead atoms. The van der Waals surface area contributed by atoms with E-state index < -0.39 is 10.0 Å². The molecule has 0 atom stereocenters. The Bertz CT molecular complexity index is 1140. The molecule has 3 aromatic rings. The molecule has 0 unspecified atom stereocenters. The van der Waals surface area contributed by atoms with Gasteiger partial charge in [0, 0.05) is 11.3 Å². The van der Waals surface area contributed by atoms with Crippen LogP contribution < -0.4 is 14.8 Å². The van der Waals surface area contributed by atoms with E-state index >= 15 is 0 Å². The Labute approximate surface area is 177 Å². The average Bonchev–Trinajstić information content (AvgIpc) is 2.72. The molecule has 156 valence electrons. The van der Waals surface area contributed by atoms with Gasteiger partial charge < -0.3 is 10.1 Å². The van der Waals surface area contributed by atoms with Crippen molar-refractivity contribution in [3.05, 3.63) is 83.4 Å². The van der Waals surface area contributed by atoms with Crippen LogP contribution in [-0.4, -0.2) is 20.9 Å². The van der Waals surface area contributed by atoms with Crippen LogP contribution in [0.5, 0.6) is 5.75 Å². The number of nitrogens with one attached hydrogen (secondary N) is 2. The van der Waals surface area contributed by atoms with Crippen molar-refractivity contribution >= 4 is 27.3 Å². The van der Waals surface area contributed by atoms with Crippen molar-refractivity contribution in [3.63, 3.8) is 0 Å². The van der Waals surface area contributed by atoms with Crippen molar-refractivity contribution in [1.29, 1.82) is 0 Å². The summed E-state index contributed by atoms with van der Waals surface area (Å²) < 4.78 is 33.6. The Balaban J connectivity index is 1.74. The smallest absolute Gasteiger partial charge is 0.261 e. The topological polar surface area (TPSA) is 84.5 Å². The van der Waals surface area contributed by atoms with Crippen molar-refractivity contribution < 1.29 is 17.9 Å². The molecule has 0 radical (unpaired) electrons. The summed E-state index contributed by atoms with van der Waals surface area (Å²) in [4.78, 5) is 12.6. The standard InChI is InChI=1S/C23H24N2O4S/c1-4-29-20-10-6-9-18(15-20)23(26)24-19-11-13-21(14-12-19)30(27,28)25-22-16(2)7-5-8-17(22)3/h5-15,25H,4H2,1-3H3,(H,24,26). The van der Waals surface area contributed by atoms with Crippen LogP contribution in [0.4, 0.5) is 11.4 Å². The maximum atomic E-state index is 12.7. The van der Waals surface area contributed by atoms with Gasteiger partial charge in [-0.15, -0.1) is 0 Å². The Morgan fingerprint density at radius 1 is 0.933 bits per heavy atom. The predicted molar refractivity (Wildman–Crippen MR) is 119 cm³/mol. The van der Waals surface area contributed by atoms with Crippen LogP contribution in [0.3, 0.4) is 0 Å². The van der Waals surface area contributed by atoms with Crippen LogP contribution >= 0.6 is 0 Å². The average molecular weight is 425 g/mol. The van der Waals surface area contributed by atoms with E-state index in [2.05, 4.69) is 10.0 Å². The maximum Gasteiger partial charge on any atom is 0.261 e. The van der Waals surface area contributed by atoms with Crippen LogP contribution in [-0.2, 0) is 10.0 Å². The summed E-state index contributed by atoms with van der Waals surface area (Å²) in [7, 11) is -3.75. The third kappa shape index (κ3) is 4.99. The van der Waals surface area contributed by atoms with Gasteiger partial charge in [-0.2, -0.15) is 0 Å². The number of rotatable bonds is 7. The van der Waals surface area contributed by atoms with Crippen molar-refractivity contribution in [2.75, 3.05) is 16.6 Å². The molecule has 30 heavy (non-hydrogen) atoms. The molecule has 0 aliphatic carbocycles. The molecule has 0 aliphatic heterocycles.